The second kappa shape index (κ2) is 4.23. The molecule has 0 saturated carbocycles. The minimum atomic E-state index is -0.437. The molecule has 3 heteroatoms. The van der Waals surface area contributed by atoms with Crippen LogP contribution in [0.15, 0.2) is 18.3 Å². The summed E-state index contributed by atoms with van der Waals surface area (Å²) in [5.41, 5.74) is 0.855. The van der Waals surface area contributed by atoms with Crippen LogP contribution in [0.25, 0.3) is 0 Å². The second-order valence-electron chi connectivity index (χ2n) is 3.14. The van der Waals surface area contributed by atoms with E-state index in [0.717, 1.165) is 17.9 Å². The Bertz CT molecular complexity index is 256. The molecule has 3 nitrogen and oxygen atoms in total. The largest absolute Gasteiger partial charge is 0.389 e. The van der Waals surface area contributed by atoms with Crippen LogP contribution in [0.5, 0.6) is 0 Å². The van der Waals surface area contributed by atoms with E-state index in [4.69, 9.17) is 0 Å². The molecule has 1 atom stereocenters. The minimum Gasteiger partial charge on any atom is -0.389 e. The lowest BCUT2D eigenvalue weighted by Gasteiger charge is -2.15. The molecule has 13 heavy (non-hydrogen) atoms. The lowest BCUT2D eigenvalue weighted by atomic mass is 10.2. The topological polar surface area (TPSA) is 36.4 Å². The highest BCUT2D eigenvalue weighted by Crippen LogP contribution is 2.14. The first kappa shape index (κ1) is 9.99. The molecule has 1 heterocycles. The van der Waals surface area contributed by atoms with Crippen molar-refractivity contribution >= 4 is 5.82 Å². The Kier molecular flexibility index (Phi) is 3.25. The third kappa shape index (κ3) is 2.42. The van der Waals surface area contributed by atoms with Crippen molar-refractivity contribution in [2.24, 2.45) is 0 Å². The highest BCUT2D eigenvalue weighted by molar-refractivity contribution is 5.38. The molecule has 1 aromatic rings. The van der Waals surface area contributed by atoms with Gasteiger partial charge in [0.1, 0.15) is 5.82 Å². The summed E-state index contributed by atoms with van der Waals surface area (Å²) in [7, 11) is 1.99. The van der Waals surface area contributed by atoms with E-state index in [2.05, 4.69) is 11.9 Å². The summed E-state index contributed by atoms with van der Waals surface area (Å²) in [5, 5.41) is 9.26. The molecular weight excluding hydrogens is 164 g/mol. The first-order valence-corrected chi connectivity index (χ1v) is 4.50. The van der Waals surface area contributed by atoms with Crippen LogP contribution in [0.1, 0.15) is 25.5 Å². The normalized spacial score (nSPS) is 12.6. The van der Waals surface area contributed by atoms with Gasteiger partial charge in [-0.25, -0.2) is 4.98 Å². The standard InChI is InChI=1S/C10H16N2O/c1-4-12(3)10-6-5-9(7-11-10)8(2)13/h5-8,13H,4H2,1-3H3. The zero-order valence-electron chi connectivity index (χ0n) is 8.36. The monoisotopic (exact) mass is 180 g/mol. The van der Waals surface area contributed by atoms with Crippen molar-refractivity contribution in [1.29, 1.82) is 0 Å². The Morgan fingerprint density at radius 2 is 2.23 bits per heavy atom. The van der Waals surface area contributed by atoms with E-state index in [1.165, 1.54) is 0 Å². The molecule has 72 valence electrons. The molecule has 1 N–H and O–H groups in total. The first-order valence-electron chi connectivity index (χ1n) is 4.50. The molecule has 0 saturated heterocycles. The quantitative estimate of drug-likeness (QED) is 0.767. The van der Waals surface area contributed by atoms with Crippen LogP contribution in [0.2, 0.25) is 0 Å². The van der Waals surface area contributed by atoms with Gasteiger partial charge in [0.2, 0.25) is 0 Å². The Labute approximate surface area is 79.0 Å². The fourth-order valence-electron chi connectivity index (χ4n) is 1.03. The van der Waals surface area contributed by atoms with Crippen LogP contribution in [-0.4, -0.2) is 23.7 Å². The fraction of sp³-hybridized carbons (Fsp3) is 0.500. The number of aliphatic hydroxyl groups excluding tert-OH is 1. The first-order chi connectivity index (χ1) is 6.15. The number of aromatic nitrogens is 1. The number of hydrogen-bond donors (Lipinski definition) is 1. The Hall–Kier alpha value is -1.09. The number of aliphatic hydroxyl groups is 1. The summed E-state index contributed by atoms with van der Waals surface area (Å²) in [6.45, 7) is 4.74. The van der Waals surface area contributed by atoms with Crippen molar-refractivity contribution in [3.63, 3.8) is 0 Å². The Morgan fingerprint density at radius 3 is 2.62 bits per heavy atom. The minimum absolute atomic E-state index is 0.437. The highest BCUT2D eigenvalue weighted by Gasteiger charge is 2.02. The average molecular weight is 180 g/mol. The van der Waals surface area contributed by atoms with Crippen LogP contribution in [-0.2, 0) is 0 Å². The lowest BCUT2D eigenvalue weighted by Crippen LogP contribution is -2.17. The third-order valence-electron chi connectivity index (χ3n) is 2.12. The number of rotatable bonds is 3. The average Bonchev–Trinajstić information content (AvgIpc) is 2.17. The molecular formula is C10H16N2O. The van der Waals surface area contributed by atoms with E-state index >= 15 is 0 Å². The van der Waals surface area contributed by atoms with Gasteiger partial charge in [-0.2, -0.15) is 0 Å². The van der Waals surface area contributed by atoms with Gasteiger partial charge in [0.25, 0.3) is 0 Å². The fourth-order valence-corrected chi connectivity index (χ4v) is 1.03. The smallest absolute Gasteiger partial charge is 0.128 e. The number of nitrogens with zero attached hydrogens (tertiary/aromatic N) is 2. The molecule has 0 fully saturated rings. The summed E-state index contributed by atoms with van der Waals surface area (Å²) in [6.07, 6.45) is 1.28. The molecule has 0 aliphatic heterocycles. The predicted octanol–water partition coefficient (Wildman–Crippen LogP) is 1.59. The zero-order chi connectivity index (χ0) is 9.84. The van der Waals surface area contributed by atoms with Gasteiger partial charge in [0, 0.05) is 19.8 Å². The van der Waals surface area contributed by atoms with Crippen molar-refractivity contribution in [1.82, 2.24) is 4.98 Å². The van der Waals surface area contributed by atoms with Crippen LogP contribution in [0.4, 0.5) is 5.82 Å². The van der Waals surface area contributed by atoms with E-state index in [0.29, 0.717) is 0 Å². The molecule has 0 bridgehead atoms. The maximum Gasteiger partial charge on any atom is 0.128 e. The molecule has 1 aromatic heterocycles. The van der Waals surface area contributed by atoms with Gasteiger partial charge in [0.15, 0.2) is 0 Å². The molecule has 0 radical (unpaired) electrons. The summed E-state index contributed by atoms with van der Waals surface area (Å²) in [4.78, 5) is 6.28. The van der Waals surface area contributed by atoms with Crippen LogP contribution >= 0.6 is 0 Å². The van der Waals surface area contributed by atoms with Crippen LogP contribution in [0.3, 0.4) is 0 Å². The van der Waals surface area contributed by atoms with Crippen LogP contribution in [0, 0.1) is 0 Å². The number of anilines is 1. The van der Waals surface area contributed by atoms with Gasteiger partial charge < -0.3 is 10.0 Å². The summed E-state index contributed by atoms with van der Waals surface area (Å²) >= 11 is 0. The van der Waals surface area contributed by atoms with Gasteiger partial charge in [-0.05, 0) is 25.5 Å². The van der Waals surface area contributed by atoms with E-state index in [1.807, 2.05) is 24.1 Å². The van der Waals surface area contributed by atoms with E-state index < -0.39 is 6.10 Å². The van der Waals surface area contributed by atoms with E-state index in [-0.39, 0.29) is 0 Å². The van der Waals surface area contributed by atoms with E-state index in [9.17, 15) is 5.11 Å². The van der Waals surface area contributed by atoms with Crippen molar-refractivity contribution in [2.75, 3.05) is 18.5 Å². The SMILES string of the molecule is CCN(C)c1ccc(C(C)O)cn1. The van der Waals surface area contributed by atoms with Crippen molar-refractivity contribution < 1.29 is 5.11 Å². The third-order valence-corrected chi connectivity index (χ3v) is 2.12. The lowest BCUT2D eigenvalue weighted by molar-refractivity contribution is 0.199. The van der Waals surface area contributed by atoms with E-state index in [1.54, 1.807) is 13.1 Å². The Morgan fingerprint density at radius 1 is 1.54 bits per heavy atom. The molecule has 0 aliphatic rings. The molecule has 1 rings (SSSR count). The van der Waals surface area contributed by atoms with Gasteiger partial charge in [-0.1, -0.05) is 6.07 Å². The maximum atomic E-state index is 9.26. The molecule has 0 spiro atoms. The van der Waals surface area contributed by atoms with Gasteiger partial charge in [-0.3, -0.25) is 0 Å². The molecule has 1 unspecified atom stereocenters. The van der Waals surface area contributed by atoms with Crippen molar-refractivity contribution in [3.05, 3.63) is 23.9 Å². The summed E-state index contributed by atoms with van der Waals surface area (Å²) in [5.74, 6) is 0.937. The second-order valence-corrected chi connectivity index (χ2v) is 3.14. The predicted molar refractivity (Wildman–Crippen MR) is 53.8 cm³/mol. The van der Waals surface area contributed by atoms with Gasteiger partial charge >= 0.3 is 0 Å². The van der Waals surface area contributed by atoms with Gasteiger partial charge in [-0.15, -0.1) is 0 Å². The maximum absolute atomic E-state index is 9.26. The van der Waals surface area contributed by atoms with Crippen LogP contribution < -0.4 is 4.90 Å². The van der Waals surface area contributed by atoms with Crippen molar-refractivity contribution in [2.45, 2.75) is 20.0 Å². The summed E-state index contributed by atoms with van der Waals surface area (Å²) in [6, 6.07) is 3.82. The number of hydrogen-bond acceptors (Lipinski definition) is 3. The molecule has 0 amide bonds. The van der Waals surface area contributed by atoms with Gasteiger partial charge in [0.05, 0.1) is 6.10 Å². The van der Waals surface area contributed by atoms with Crippen molar-refractivity contribution in [3.8, 4) is 0 Å². The zero-order valence-corrected chi connectivity index (χ0v) is 8.36. The summed E-state index contributed by atoms with van der Waals surface area (Å²) < 4.78 is 0. The molecule has 0 aromatic carbocycles. The number of pyridine rings is 1. The highest BCUT2D eigenvalue weighted by atomic mass is 16.3. The molecule has 0 aliphatic carbocycles. The Balaban J connectivity index is 2.81.